The van der Waals surface area contributed by atoms with Crippen LogP contribution in [0.5, 0.6) is 5.88 Å². The van der Waals surface area contributed by atoms with Gasteiger partial charge >= 0.3 is 0 Å². The number of hydrogen-bond donors (Lipinski definition) is 1. The molecule has 0 atom stereocenters. The Labute approximate surface area is 159 Å². The van der Waals surface area contributed by atoms with Gasteiger partial charge in [0.15, 0.2) is 0 Å². The van der Waals surface area contributed by atoms with E-state index in [1.54, 1.807) is 49.8 Å². The molecule has 4 rings (SSSR count). The van der Waals surface area contributed by atoms with Crippen LogP contribution in [0.4, 0.5) is 0 Å². The molecule has 0 amide bonds. The van der Waals surface area contributed by atoms with Crippen LogP contribution in [0, 0.1) is 5.92 Å². The molecule has 27 heavy (non-hydrogen) atoms. The van der Waals surface area contributed by atoms with E-state index >= 15 is 0 Å². The highest BCUT2D eigenvalue weighted by Crippen LogP contribution is 2.34. The van der Waals surface area contributed by atoms with Gasteiger partial charge in [-0.2, -0.15) is 0 Å². The molecule has 1 aliphatic rings. The first-order valence-electron chi connectivity index (χ1n) is 9.14. The number of nitrogens with zero attached hydrogens (tertiary/aromatic N) is 2. The highest BCUT2D eigenvalue weighted by Gasteiger charge is 2.26. The fourth-order valence-corrected chi connectivity index (χ4v) is 5.25. The Kier molecular flexibility index (Phi) is 4.88. The maximum atomic E-state index is 13.3. The minimum Gasteiger partial charge on any atom is -0.479 e. The van der Waals surface area contributed by atoms with Crippen LogP contribution in [0.1, 0.15) is 12.8 Å². The van der Waals surface area contributed by atoms with E-state index in [4.69, 9.17) is 4.74 Å². The number of sulfone groups is 1. The van der Waals surface area contributed by atoms with Crippen molar-refractivity contribution < 1.29 is 13.2 Å². The molecule has 142 valence electrons. The van der Waals surface area contributed by atoms with E-state index in [1.165, 1.54) is 0 Å². The summed E-state index contributed by atoms with van der Waals surface area (Å²) in [7, 11) is -2.06. The zero-order valence-corrected chi connectivity index (χ0v) is 16.1. The standard InChI is InChI=1S/C20H23N3O3S/c1-26-20-19-17(9-12-22-20)18(27(24,25)16-5-3-2-4-6-16)14-23(19)13-15-7-10-21-11-8-15/h2-6,9,12,14-15,21H,7-8,10-11,13H2,1H3. The quantitative estimate of drug-likeness (QED) is 0.731. The number of aromatic nitrogens is 2. The van der Waals surface area contributed by atoms with Crippen molar-refractivity contribution >= 4 is 20.7 Å². The third-order valence-electron chi connectivity index (χ3n) is 5.17. The van der Waals surface area contributed by atoms with Gasteiger partial charge in [0.2, 0.25) is 15.7 Å². The van der Waals surface area contributed by atoms with Gasteiger partial charge in [-0.15, -0.1) is 0 Å². The molecule has 1 saturated heterocycles. The Hall–Kier alpha value is -2.38. The number of piperidine rings is 1. The average molecular weight is 385 g/mol. The second-order valence-electron chi connectivity index (χ2n) is 6.87. The fourth-order valence-electron chi connectivity index (χ4n) is 3.76. The van der Waals surface area contributed by atoms with E-state index < -0.39 is 9.84 Å². The molecule has 6 nitrogen and oxygen atoms in total. The van der Waals surface area contributed by atoms with Crippen molar-refractivity contribution in [2.24, 2.45) is 5.92 Å². The van der Waals surface area contributed by atoms with Crippen LogP contribution < -0.4 is 10.1 Å². The van der Waals surface area contributed by atoms with E-state index in [2.05, 4.69) is 10.3 Å². The highest BCUT2D eigenvalue weighted by atomic mass is 32.2. The number of fused-ring (bicyclic) bond motifs is 1. The van der Waals surface area contributed by atoms with Gasteiger partial charge in [0.1, 0.15) is 5.52 Å². The first kappa shape index (κ1) is 18.0. The highest BCUT2D eigenvalue weighted by molar-refractivity contribution is 7.91. The van der Waals surface area contributed by atoms with Gasteiger partial charge < -0.3 is 14.6 Å². The summed E-state index contributed by atoms with van der Waals surface area (Å²) in [5.74, 6) is 0.954. The molecule has 3 heterocycles. The van der Waals surface area contributed by atoms with Crippen molar-refractivity contribution in [1.82, 2.24) is 14.9 Å². The molecule has 0 saturated carbocycles. The Bertz CT molecular complexity index is 1040. The maximum Gasteiger partial charge on any atom is 0.238 e. The topological polar surface area (TPSA) is 73.2 Å². The summed E-state index contributed by atoms with van der Waals surface area (Å²) < 4.78 is 34.0. The van der Waals surface area contributed by atoms with Crippen molar-refractivity contribution in [3.05, 3.63) is 48.8 Å². The SMILES string of the molecule is COc1nccc2c(S(=O)(=O)c3ccccc3)cn(CC3CCNCC3)c12. The maximum absolute atomic E-state index is 13.3. The van der Waals surface area contributed by atoms with Crippen molar-refractivity contribution in [3.63, 3.8) is 0 Å². The number of ether oxygens (including phenoxy) is 1. The minimum absolute atomic E-state index is 0.293. The van der Waals surface area contributed by atoms with E-state index in [0.717, 1.165) is 38.0 Å². The summed E-state index contributed by atoms with van der Waals surface area (Å²) in [5.41, 5.74) is 0.744. The molecule has 0 aliphatic carbocycles. The Morgan fingerprint density at radius 1 is 1.19 bits per heavy atom. The summed E-state index contributed by atoms with van der Waals surface area (Å²) in [6.45, 7) is 2.74. The Balaban J connectivity index is 1.86. The normalized spacial score (nSPS) is 15.9. The molecule has 1 aliphatic heterocycles. The van der Waals surface area contributed by atoms with Gasteiger partial charge in [0, 0.05) is 24.3 Å². The second-order valence-corrected chi connectivity index (χ2v) is 8.79. The third kappa shape index (κ3) is 3.33. The molecular formula is C20H23N3O3S. The molecule has 0 radical (unpaired) electrons. The zero-order chi connectivity index (χ0) is 18.9. The Morgan fingerprint density at radius 2 is 1.93 bits per heavy atom. The molecule has 7 heteroatoms. The number of nitrogens with one attached hydrogen (secondary N) is 1. The molecule has 1 fully saturated rings. The second kappa shape index (κ2) is 7.32. The smallest absolute Gasteiger partial charge is 0.238 e. The van der Waals surface area contributed by atoms with Crippen molar-refractivity contribution in [1.29, 1.82) is 0 Å². The summed E-state index contributed by atoms with van der Waals surface area (Å²) in [5, 5.41) is 4.02. The van der Waals surface area contributed by atoms with Crippen LogP contribution in [0.2, 0.25) is 0 Å². The van der Waals surface area contributed by atoms with Crippen LogP contribution in [0.3, 0.4) is 0 Å². The van der Waals surface area contributed by atoms with Gasteiger partial charge in [0.05, 0.1) is 16.9 Å². The van der Waals surface area contributed by atoms with E-state index in [9.17, 15) is 8.42 Å². The van der Waals surface area contributed by atoms with E-state index in [1.807, 2.05) is 10.6 Å². The number of rotatable bonds is 5. The first-order chi connectivity index (χ1) is 13.1. The summed E-state index contributed by atoms with van der Waals surface area (Å²) >= 11 is 0. The molecule has 0 bridgehead atoms. The lowest BCUT2D eigenvalue weighted by atomic mass is 9.98. The summed E-state index contributed by atoms with van der Waals surface area (Å²) in [4.78, 5) is 4.89. The molecule has 0 spiro atoms. The van der Waals surface area contributed by atoms with E-state index in [-0.39, 0.29) is 0 Å². The predicted molar refractivity (Wildman–Crippen MR) is 104 cm³/mol. The van der Waals surface area contributed by atoms with Crippen LogP contribution in [0.15, 0.2) is 58.6 Å². The van der Waals surface area contributed by atoms with Crippen LogP contribution in [0.25, 0.3) is 10.9 Å². The molecule has 2 aromatic heterocycles. The molecule has 1 aromatic carbocycles. The monoisotopic (exact) mass is 385 g/mol. The number of pyridine rings is 1. The van der Waals surface area contributed by atoms with Crippen molar-refractivity contribution in [2.45, 2.75) is 29.2 Å². The van der Waals surface area contributed by atoms with E-state index in [0.29, 0.717) is 27.0 Å². The largest absolute Gasteiger partial charge is 0.479 e. The molecule has 1 N–H and O–H groups in total. The molecule has 0 unspecified atom stereocenters. The van der Waals surface area contributed by atoms with Crippen molar-refractivity contribution in [2.75, 3.05) is 20.2 Å². The molecule has 3 aromatic rings. The first-order valence-corrected chi connectivity index (χ1v) is 10.6. The van der Waals surface area contributed by atoms with Gasteiger partial charge in [0.25, 0.3) is 0 Å². The van der Waals surface area contributed by atoms with Crippen LogP contribution >= 0.6 is 0 Å². The predicted octanol–water partition coefficient (Wildman–Crippen LogP) is 2.88. The summed E-state index contributed by atoms with van der Waals surface area (Å²) in [6, 6.07) is 10.3. The Morgan fingerprint density at radius 3 is 2.63 bits per heavy atom. The number of hydrogen-bond acceptors (Lipinski definition) is 5. The molecular weight excluding hydrogens is 362 g/mol. The van der Waals surface area contributed by atoms with Crippen LogP contribution in [-0.4, -0.2) is 38.2 Å². The lowest BCUT2D eigenvalue weighted by Gasteiger charge is -2.23. The summed E-state index contributed by atoms with van der Waals surface area (Å²) in [6.07, 6.45) is 5.49. The number of methoxy groups -OCH3 is 1. The van der Waals surface area contributed by atoms with Gasteiger partial charge in [-0.05, 0) is 50.0 Å². The van der Waals surface area contributed by atoms with Gasteiger partial charge in [-0.25, -0.2) is 13.4 Å². The fraction of sp³-hybridized carbons (Fsp3) is 0.350. The van der Waals surface area contributed by atoms with Gasteiger partial charge in [-0.1, -0.05) is 18.2 Å². The van der Waals surface area contributed by atoms with Crippen molar-refractivity contribution in [3.8, 4) is 5.88 Å². The lowest BCUT2D eigenvalue weighted by Crippen LogP contribution is -2.29. The van der Waals surface area contributed by atoms with Crippen LogP contribution in [-0.2, 0) is 16.4 Å². The lowest BCUT2D eigenvalue weighted by molar-refractivity contribution is 0.334. The average Bonchev–Trinajstić information content (AvgIpc) is 3.09. The zero-order valence-electron chi connectivity index (χ0n) is 15.3. The van der Waals surface area contributed by atoms with Gasteiger partial charge in [-0.3, -0.25) is 0 Å². The minimum atomic E-state index is -3.63. The third-order valence-corrected chi connectivity index (χ3v) is 6.96. The number of benzene rings is 1.